The van der Waals surface area contributed by atoms with E-state index >= 15 is 0 Å². The summed E-state index contributed by atoms with van der Waals surface area (Å²) >= 11 is 0. The van der Waals surface area contributed by atoms with Crippen molar-refractivity contribution in [3.05, 3.63) is 191 Å². The molecule has 2 aliphatic carbocycles. The highest BCUT2D eigenvalue weighted by molar-refractivity contribution is 6.12. The molecule has 0 fully saturated rings. The predicted octanol–water partition coefficient (Wildman–Crippen LogP) is 11.9. The Morgan fingerprint density at radius 3 is 1.70 bits per heavy atom. The second-order valence-electron chi connectivity index (χ2n) is 13.6. The molecule has 7 aromatic carbocycles. The standard InChI is InChI=1S/C46H32O/c1-45(2)39-22-11-9-18-33(39)36-26-29(24-25-40(36)45)32-20-13-21-35-38-27-37-34-19-10-12-23-41(34)46(30-14-5-3-6-15-30,31-16-7-4-8-17-31)42(37)28-43(38)47-44(32)35/h3-28H,1-2H3. The van der Waals surface area contributed by atoms with Crippen LogP contribution in [0.4, 0.5) is 0 Å². The summed E-state index contributed by atoms with van der Waals surface area (Å²) in [5, 5.41) is 2.30. The fraction of sp³-hybridized carbons (Fsp3) is 0.0870. The summed E-state index contributed by atoms with van der Waals surface area (Å²) in [7, 11) is 0. The van der Waals surface area contributed by atoms with Gasteiger partial charge in [-0.1, -0.05) is 153 Å². The Morgan fingerprint density at radius 1 is 0.404 bits per heavy atom. The number of rotatable bonds is 3. The van der Waals surface area contributed by atoms with E-state index in [1.165, 1.54) is 61.2 Å². The van der Waals surface area contributed by atoms with Gasteiger partial charge in [0, 0.05) is 21.8 Å². The topological polar surface area (TPSA) is 13.1 Å². The lowest BCUT2D eigenvalue weighted by molar-refractivity contribution is 0.660. The highest BCUT2D eigenvalue weighted by Crippen LogP contribution is 2.57. The lowest BCUT2D eigenvalue weighted by Gasteiger charge is -2.33. The van der Waals surface area contributed by atoms with Gasteiger partial charge in [-0.05, 0) is 79.4 Å². The molecule has 1 nitrogen and oxygen atoms in total. The van der Waals surface area contributed by atoms with Crippen molar-refractivity contribution in [2.45, 2.75) is 24.7 Å². The highest BCUT2D eigenvalue weighted by atomic mass is 16.3. The number of hydrogen-bond acceptors (Lipinski definition) is 1. The van der Waals surface area contributed by atoms with Crippen molar-refractivity contribution in [3.8, 4) is 33.4 Å². The fourth-order valence-electron chi connectivity index (χ4n) is 8.85. The van der Waals surface area contributed by atoms with Crippen LogP contribution in [0, 0.1) is 0 Å². The molecule has 1 heterocycles. The Labute approximate surface area is 274 Å². The summed E-state index contributed by atoms with van der Waals surface area (Å²) in [4.78, 5) is 0. The molecule has 0 spiro atoms. The van der Waals surface area contributed by atoms with Crippen LogP contribution < -0.4 is 0 Å². The molecule has 0 saturated carbocycles. The summed E-state index contributed by atoms with van der Waals surface area (Å²) in [5.41, 5.74) is 16.8. The van der Waals surface area contributed by atoms with E-state index in [2.05, 4.69) is 172 Å². The first-order chi connectivity index (χ1) is 23.1. The first-order valence-electron chi connectivity index (χ1n) is 16.5. The number of hydrogen-bond donors (Lipinski definition) is 0. The Balaban J connectivity index is 1.24. The van der Waals surface area contributed by atoms with E-state index < -0.39 is 5.41 Å². The zero-order valence-corrected chi connectivity index (χ0v) is 26.4. The first kappa shape index (κ1) is 26.5. The van der Waals surface area contributed by atoms with Gasteiger partial charge in [-0.25, -0.2) is 0 Å². The van der Waals surface area contributed by atoms with Crippen molar-refractivity contribution < 1.29 is 4.42 Å². The van der Waals surface area contributed by atoms with Gasteiger partial charge in [-0.15, -0.1) is 0 Å². The molecule has 1 heteroatoms. The number of benzene rings is 7. The molecule has 222 valence electrons. The zero-order valence-electron chi connectivity index (χ0n) is 26.4. The third-order valence-corrected chi connectivity index (χ3v) is 11.0. The minimum absolute atomic E-state index is 0.0172. The molecule has 0 N–H and O–H groups in total. The lowest BCUT2D eigenvalue weighted by Crippen LogP contribution is -2.28. The van der Waals surface area contributed by atoms with E-state index in [-0.39, 0.29) is 5.41 Å². The third-order valence-electron chi connectivity index (χ3n) is 11.0. The normalized spacial score (nSPS) is 14.9. The molecule has 0 atom stereocenters. The van der Waals surface area contributed by atoms with Crippen molar-refractivity contribution >= 4 is 21.9 Å². The summed E-state index contributed by atoms with van der Waals surface area (Å²) < 4.78 is 6.96. The van der Waals surface area contributed by atoms with Gasteiger partial charge in [-0.3, -0.25) is 0 Å². The molecule has 0 amide bonds. The van der Waals surface area contributed by atoms with Gasteiger partial charge in [0.2, 0.25) is 0 Å². The number of furan rings is 1. The monoisotopic (exact) mass is 600 g/mol. The molecule has 0 aliphatic heterocycles. The van der Waals surface area contributed by atoms with Gasteiger partial charge >= 0.3 is 0 Å². The summed E-state index contributed by atoms with van der Waals surface area (Å²) in [6.07, 6.45) is 0. The molecule has 0 saturated heterocycles. The van der Waals surface area contributed by atoms with E-state index in [1.807, 2.05) is 0 Å². The Hall–Kier alpha value is -5.66. The van der Waals surface area contributed by atoms with Crippen LogP contribution in [0.25, 0.3) is 55.3 Å². The Morgan fingerprint density at radius 2 is 0.979 bits per heavy atom. The van der Waals surface area contributed by atoms with E-state index in [9.17, 15) is 0 Å². The van der Waals surface area contributed by atoms with Crippen LogP contribution in [0.15, 0.2) is 162 Å². The molecule has 0 bridgehead atoms. The van der Waals surface area contributed by atoms with Gasteiger partial charge in [0.15, 0.2) is 0 Å². The van der Waals surface area contributed by atoms with Crippen molar-refractivity contribution in [1.82, 2.24) is 0 Å². The minimum Gasteiger partial charge on any atom is -0.455 e. The molecule has 0 unspecified atom stereocenters. The van der Waals surface area contributed by atoms with Crippen LogP contribution in [0.2, 0.25) is 0 Å². The molecule has 47 heavy (non-hydrogen) atoms. The fourth-order valence-corrected chi connectivity index (χ4v) is 8.85. The highest BCUT2D eigenvalue weighted by Gasteiger charge is 2.46. The van der Waals surface area contributed by atoms with Gasteiger partial charge in [0.25, 0.3) is 0 Å². The van der Waals surface area contributed by atoms with Crippen molar-refractivity contribution in [2.75, 3.05) is 0 Å². The van der Waals surface area contributed by atoms with Gasteiger partial charge in [0.1, 0.15) is 11.2 Å². The number of para-hydroxylation sites is 1. The van der Waals surface area contributed by atoms with E-state index in [0.717, 1.165) is 27.5 Å². The van der Waals surface area contributed by atoms with Crippen LogP contribution in [-0.2, 0) is 10.8 Å². The third kappa shape index (κ3) is 3.44. The van der Waals surface area contributed by atoms with Crippen LogP contribution in [0.1, 0.15) is 47.2 Å². The van der Waals surface area contributed by atoms with Gasteiger partial charge in [-0.2, -0.15) is 0 Å². The summed E-state index contributed by atoms with van der Waals surface area (Å²) in [6.45, 7) is 4.67. The van der Waals surface area contributed by atoms with Crippen LogP contribution in [-0.4, -0.2) is 0 Å². The quantitative estimate of drug-likeness (QED) is 0.197. The van der Waals surface area contributed by atoms with E-state index in [1.54, 1.807) is 0 Å². The molecule has 8 aromatic rings. The largest absolute Gasteiger partial charge is 0.455 e. The number of fused-ring (bicyclic) bond motifs is 9. The molecule has 1 aromatic heterocycles. The smallest absolute Gasteiger partial charge is 0.143 e. The van der Waals surface area contributed by atoms with E-state index in [4.69, 9.17) is 4.42 Å². The molecular weight excluding hydrogens is 569 g/mol. The van der Waals surface area contributed by atoms with E-state index in [0.29, 0.717) is 0 Å². The van der Waals surface area contributed by atoms with Crippen molar-refractivity contribution in [3.63, 3.8) is 0 Å². The maximum Gasteiger partial charge on any atom is 0.143 e. The van der Waals surface area contributed by atoms with Crippen LogP contribution in [0.5, 0.6) is 0 Å². The maximum absolute atomic E-state index is 6.96. The summed E-state index contributed by atoms with van der Waals surface area (Å²) in [6, 6.07) is 58.0. The SMILES string of the molecule is CC1(C)c2ccccc2-c2cc(-c3cccc4c3oc3cc5c(cc34)-c3ccccc3C5(c3ccccc3)c3ccccc3)ccc21. The molecule has 0 radical (unpaired) electrons. The first-order valence-corrected chi connectivity index (χ1v) is 16.5. The van der Waals surface area contributed by atoms with Gasteiger partial charge in [0.05, 0.1) is 5.41 Å². The zero-order chi connectivity index (χ0) is 31.3. The van der Waals surface area contributed by atoms with Crippen molar-refractivity contribution in [2.24, 2.45) is 0 Å². The van der Waals surface area contributed by atoms with Gasteiger partial charge < -0.3 is 4.42 Å². The molecule has 10 rings (SSSR count). The Kier molecular flexibility index (Phi) is 5.33. The predicted molar refractivity (Wildman–Crippen MR) is 194 cm³/mol. The average molecular weight is 601 g/mol. The van der Waals surface area contributed by atoms with Crippen LogP contribution >= 0.6 is 0 Å². The molecular formula is C46H32O. The minimum atomic E-state index is -0.454. The Bertz CT molecular complexity index is 2490. The van der Waals surface area contributed by atoms with Crippen molar-refractivity contribution in [1.29, 1.82) is 0 Å². The lowest BCUT2D eigenvalue weighted by atomic mass is 9.67. The molecule has 2 aliphatic rings. The average Bonchev–Trinajstić information content (AvgIpc) is 3.72. The second kappa shape index (κ2) is 9.44. The maximum atomic E-state index is 6.96. The van der Waals surface area contributed by atoms with Crippen LogP contribution in [0.3, 0.4) is 0 Å². The second-order valence-corrected chi connectivity index (χ2v) is 13.6. The summed E-state index contributed by atoms with van der Waals surface area (Å²) in [5.74, 6) is 0.